The molecule has 0 N–H and O–H groups in total. The van der Waals surface area contributed by atoms with Gasteiger partial charge >= 0.3 is 0 Å². The SMILES string of the molecule is CCCCCC(C1=CC=CC1)c1cccc2c1Cc1ccccc1-2. The van der Waals surface area contributed by atoms with Gasteiger partial charge in [-0.05, 0) is 47.1 Å². The van der Waals surface area contributed by atoms with Crippen LogP contribution in [0, 0.1) is 0 Å². The first-order valence-corrected chi connectivity index (χ1v) is 9.44. The van der Waals surface area contributed by atoms with Gasteiger partial charge in [-0.3, -0.25) is 0 Å². The molecule has 0 aliphatic heterocycles. The highest BCUT2D eigenvalue weighted by atomic mass is 14.3. The Morgan fingerprint density at radius 2 is 1.83 bits per heavy atom. The van der Waals surface area contributed by atoms with E-state index in [1.807, 2.05) is 0 Å². The van der Waals surface area contributed by atoms with Gasteiger partial charge in [0, 0.05) is 5.92 Å². The molecule has 2 aromatic carbocycles. The molecule has 0 radical (unpaired) electrons. The maximum absolute atomic E-state index is 2.39. The third-order valence-corrected chi connectivity index (χ3v) is 5.61. The second-order valence-corrected chi connectivity index (χ2v) is 7.13. The van der Waals surface area contributed by atoms with Crippen LogP contribution in [-0.2, 0) is 6.42 Å². The van der Waals surface area contributed by atoms with Crippen molar-refractivity contribution >= 4 is 0 Å². The summed E-state index contributed by atoms with van der Waals surface area (Å²) in [6, 6.07) is 15.9. The van der Waals surface area contributed by atoms with E-state index in [9.17, 15) is 0 Å². The van der Waals surface area contributed by atoms with Crippen LogP contribution in [0.3, 0.4) is 0 Å². The van der Waals surface area contributed by atoms with Crippen LogP contribution in [0.4, 0.5) is 0 Å². The first-order valence-electron chi connectivity index (χ1n) is 9.44. The van der Waals surface area contributed by atoms with Gasteiger partial charge in [-0.15, -0.1) is 0 Å². The number of benzene rings is 2. The maximum Gasteiger partial charge on any atom is 0.00574 e. The van der Waals surface area contributed by atoms with Crippen molar-refractivity contribution in [3.05, 3.63) is 83.0 Å². The Kier molecular flexibility index (Phi) is 4.38. The van der Waals surface area contributed by atoms with E-state index < -0.39 is 0 Å². The monoisotopic (exact) mass is 314 g/mol. The molecule has 2 aliphatic rings. The van der Waals surface area contributed by atoms with Gasteiger partial charge in [-0.2, -0.15) is 0 Å². The molecule has 4 rings (SSSR count). The molecular formula is C24H26. The lowest BCUT2D eigenvalue weighted by Gasteiger charge is -2.22. The molecule has 0 heteroatoms. The Balaban J connectivity index is 1.72. The molecule has 122 valence electrons. The predicted molar refractivity (Wildman–Crippen MR) is 103 cm³/mol. The Labute approximate surface area is 145 Å². The molecule has 1 unspecified atom stereocenters. The molecule has 2 aromatic rings. The fraction of sp³-hybridized carbons (Fsp3) is 0.333. The van der Waals surface area contributed by atoms with Crippen LogP contribution in [0.5, 0.6) is 0 Å². The van der Waals surface area contributed by atoms with Crippen molar-refractivity contribution in [3.63, 3.8) is 0 Å². The third kappa shape index (κ3) is 2.75. The van der Waals surface area contributed by atoms with Gasteiger partial charge < -0.3 is 0 Å². The lowest BCUT2D eigenvalue weighted by atomic mass is 9.82. The molecule has 0 aromatic heterocycles. The number of rotatable bonds is 6. The molecule has 2 aliphatic carbocycles. The molecule has 0 heterocycles. The summed E-state index contributed by atoms with van der Waals surface area (Å²) in [5.41, 5.74) is 9.17. The number of hydrogen-bond donors (Lipinski definition) is 0. The minimum absolute atomic E-state index is 0.593. The highest BCUT2D eigenvalue weighted by Crippen LogP contribution is 2.44. The van der Waals surface area contributed by atoms with Crippen LogP contribution in [0.25, 0.3) is 11.1 Å². The standard InChI is InChI=1S/C24H26/c1-2-3-4-13-20(18-10-5-6-11-18)22-15-9-16-23-21-14-8-7-12-19(21)17-24(22)23/h5-10,12,14-16,20H,2-4,11,13,17H2,1H3. The molecule has 0 amide bonds. The second-order valence-electron chi connectivity index (χ2n) is 7.13. The average Bonchev–Trinajstić information content (AvgIpc) is 3.26. The van der Waals surface area contributed by atoms with E-state index in [2.05, 4.69) is 67.6 Å². The van der Waals surface area contributed by atoms with Gasteiger partial charge in [0.25, 0.3) is 0 Å². The fourth-order valence-electron chi connectivity index (χ4n) is 4.37. The topological polar surface area (TPSA) is 0 Å². The first kappa shape index (κ1) is 15.4. The summed E-state index contributed by atoms with van der Waals surface area (Å²) >= 11 is 0. The largest absolute Gasteiger partial charge is 0.0804 e. The summed E-state index contributed by atoms with van der Waals surface area (Å²) in [6.07, 6.45) is 14.4. The minimum atomic E-state index is 0.593. The molecule has 1 atom stereocenters. The van der Waals surface area contributed by atoms with E-state index in [-0.39, 0.29) is 0 Å². The molecule has 0 fully saturated rings. The van der Waals surface area contributed by atoms with Crippen LogP contribution in [0.15, 0.2) is 66.3 Å². The molecule has 0 bridgehead atoms. The van der Waals surface area contributed by atoms with E-state index >= 15 is 0 Å². The number of hydrogen-bond acceptors (Lipinski definition) is 0. The van der Waals surface area contributed by atoms with E-state index in [4.69, 9.17) is 0 Å². The van der Waals surface area contributed by atoms with E-state index in [1.54, 1.807) is 16.7 Å². The Morgan fingerprint density at radius 1 is 0.958 bits per heavy atom. The normalized spacial score (nSPS) is 16.0. The van der Waals surface area contributed by atoms with E-state index in [1.165, 1.54) is 42.4 Å². The third-order valence-electron chi connectivity index (χ3n) is 5.61. The number of unbranched alkanes of at least 4 members (excludes halogenated alkanes) is 2. The Bertz CT molecular complexity index is 791. The number of allylic oxidation sites excluding steroid dienone is 4. The quantitative estimate of drug-likeness (QED) is 0.438. The van der Waals surface area contributed by atoms with Crippen LogP contribution >= 0.6 is 0 Å². The summed E-state index contributed by atoms with van der Waals surface area (Å²) in [5, 5.41) is 0. The lowest BCUT2D eigenvalue weighted by Crippen LogP contribution is -2.05. The fourth-order valence-corrected chi connectivity index (χ4v) is 4.37. The second kappa shape index (κ2) is 6.81. The van der Waals surface area contributed by atoms with Gasteiger partial charge in [0.05, 0.1) is 0 Å². The van der Waals surface area contributed by atoms with Crippen molar-refractivity contribution in [1.82, 2.24) is 0 Å². The van der Waals surface area contributed by atoms with Crippen LogP contribution < -0.4 is 0 Å². The minimum Gasteiger partial charge on any atom is -0.0804 e. The van der Waals surface area contributed by atoms with E-state index in [0.29, 0.717) is 5.92 Å². The molecule has 24 heavy (non-hydrogen) atoms. The van der Waals surface area contributed by atoms with Crippen molar-refractivity contribution in [1.29, 1.82) is 0 Å². The van der Waals surface area contributed by atoms with Crippen molar-refractivity contribution in [3.8, 4) is 11.1 Å². The van der Waals surface area contributed by atoms with E-state index in [0.717, 1.165) is 12.8 Å². The molecular weight excluding hydrogens is 288 g/mol. The summed E-state index contributed by atoms with van der Waals surface area (Å²) in [7, 11) is 0. The summed E-state index contributed by atoms with van der Waals surface area (Å²) in [5.74, 6) is 0.593. The highest BCUT2D eigenvalue weighted by molar-refractivity contribution is 5.78. The zero-order chi connectivity index (χ0) is 16.4. The summed E-state index contributed by atoms with van der Waals surface area (Å²) in [6.45, 7) is 2.29. The van der Waals surface area contributed by atoms with Gasteiger partial charge in [0.1, 0.15) is 0 Å². The Morgan fingerprint density at radius 3 is 2.67 bits per heavy atom. The smallest absolute Gasteiger partial charge is 0.00574 e. The van der Waals surface area contributed by atoms with Gasteiger partial charge in [0.2, 0.25) is 0 Å². The maximum atomic E-state index is 2.39. The average molecular weight is 314 g/mol. The molecule has 0 nitrogen and oxygen atoms in total. The van der Waals surface area contributed by atoms with Crippen LogP contribution in [-0.4, -0.2) is 0 Å². The highest BCUT2D eigenvalue weighted by Gasteiger charge is 2.26. The van der Waals surface area contributed by atoms with Crippen molar-refractivity contribution in [2.24, 2.45) is 0 Å². The van der Waals surface area contributed by atoms with Crippen LogP contribution in [0.1, 0.15) is 61.6 Å². The van der Waals surface area contributed by atoms with Gasteiger partial charge in [-0.25, -0.2) is 0 Å². The summed E-state index contributed by atoms with van der Waals surface area (Å²) < 4.78 is 0. The molecule has 0 saturated heterocycles. The van der Waals surface area contributed by atoms with Crippen molar-refractivity contribution in [2.45, 2.75) is 51.4 Å². The van der Waals surface area contributed by atoms with Crippen molar-refractivity contribution < 1.29 is 0 Å². The van der Waals surface area contributed by atoms with Gasteiger partial charge in [-0.1, -0.05) is 92.5 Å². The Hall–Kier alpha value is -2.08. The van der Waals surface area contributed by atoms with Crippen LogP contribution in [0.2, 0.25) is 0 Å². The van der Waals surface area contributed by atoms with Crippen molar-refractivity contribution in [2.75, 3.05) is 0 Å². The number of fused-ring (bicyclic) bond motifs is 3. The predicted octanol–water partition coefficient (Wildman–Crippen LogP) is 6.81. The summed E-state index contributed by atoms with van der Waals surface area (Å²) in [4.78, 5) is 0. The molecule has 0 saturated carbocycles. The first-order chi connectivity index (χ1) is 11.9. The molecule has 0 spiro atoms. The lowest BCUT2D eigenvalue weighted by molar-refractivity contribution is 0.606. The van der Waals surface area contributed by atoms with Gasteiger partial charge in [0.15, 0.2) is 0 Å². The zero-order valence-electron chi connectivity index (χ0n) is 14.6. The zero-order valence-corrected chi connectivity index (χ0v) is 14.6.